The summed E-state index contributed by atoms with van der Waals surface area (Å²) in [5.41, 5.74) is 2.27. The fraction of sp³-hybridized carbons (Fsp3) is 0.591. The van der Waals surface area contributed by atoms with E-state index in [1.54, 1.807) is 6.08 Å². The summed E-state index contributed by atoms with van der Waals surface area (Å²) >= 11 is 0. The first-order valence-corrected chi connectivity index (χ1v) is 9.27. The first-order chi connectivity index (χ1) is 12.1. The molecule has 3 rings (SSSR count). The summed E-state index contributed by atoms with van der Waals surface area (Å²) in [6, 6.07) is 0. The van der Waals surface area contributed by atoms with Crippen molar-refractivity contribution in [1.29, 1.82) is 0 Å². The van der Waals surface area contributed by atoms with Crippen molar-refractivity contribution in [2.24, 2.45) is 22.2 Å². The molecule has 142 valence electrons. The number of carboxylic acid groups (broad SMARTS) is 1. The number of ether oxygens (including phenoxy) is 1. The van der Waals surface area contributed by atoms with E-state index < -0.39 is 11.4 Å². The van der Waals surface area contributed by atoms with E-state index in [1.807, 2.05) is 19.9 Å². The molecule has 0 bridgehead atoms. The molecular weight excluding hydrogens is 328 g/mol. The Bertz CT molecular complexity index is 758. The number of carbonyl (C=O) groups is 1. The molecule has 0 aromatic carbocycles. The van der Waals surface area contributed by atoms with Crippen LogP contribution in [0.15, 0.2) is 47.1 Å². The van der Waals surface area contributed by atoms with Gasteiger partial charge in [-0.3, -0.25) is 0 Å². The largest absolute Gasteiger partial charge is 0.478 e. The third-order valence-corrected chi connectivity index (χ3v) is 7.23. The average molecular weight is 358 g/mol. The van der Waals surface area contributed by atoms with Gasteiger partial charge in [0, 0.05) is 28.2 Å². The summed E-state index contributed by atoms with van der Waals surface area (Å²) < 4.78 is 6.58. The van der Waals surface area contributed by atoms with Crippen molar-refractivity contribution < 1.29 is 19.7 Å². The SMILES string of the molecule is C/C=C(\C)[C@H]1O[C@@H]2C(C)=C[C@@](/C=C/C(=O)O)(CO)[C@@H]3C(C)=C[C@@]1(C)[C@]23C. The minimum absolute atomic E-state index is 0.0102. The van der Waals surface area contributed by atoms with E-state index in [0.29, 0.717) is 0 Å². The molecule has 4 heteroatoms. The molecule has 0 unspecified atom stereocenters. The van der Waals surface area contributed by atoms with Gasteiger partial charge < -0.3 is 14.9 Å². The third-order valence-electron chi connectivity index (χ3n) is 7.23. The van der Waals surface area contributed by atoms with Gasteiger partial charge in [0.25, 0.3) is 0 Å². The maximum Gasteiger partial charge on any atom is 0.328 e. The Morgan fingerprint density at radius 2 is 1.92 bits per heavy atom. The molecule has 0 saturated carbocycles. The number of hydrogen-bond donors (Lipinski definition) is 2. The molecule has 3 aliphatic rings. The van der Waals surface area contributed by atoms with Gasteiger partial charge in [-0.1, -0.05) is 43.7 Å². The average Bonchev–Trinajstić information content (AvgIpc) is 2.93. The standard InChI is InChI=1S/C22H30O4/c1-7-13(2)18-20(5)10-14(3)17-21(20,6)19(26-18)15(4)11-22(17,12-23)9-8-16(24)25/h7-11,17-19,23H,12H2,1-6H3,(H,24,25)/b9-8+,13-7+/t17-,18-,19-,20-,21+,22+/m1/s1. The number of allylic oxidation sites excluding steroid dienone is 2. The van der Waals surface area contributed by atoms with Gasteiger partial charge in [0.15, 0.2) is 0 Å². The molecule has 1 saturated heterocycles. The molecule has 26 heavy (non-hydrogen) atoms. The molecular formula is C22H30O4. The summed E-state index contributed by atoms with van der Waals surface area (Å²) in [6.45, 7) is 12.6. The Balaban J connectivity index is 2.24. The van der Waals surface area contributed by atoms with Gasteiger partial charge >= 0.3 is 5.97 Å². The van der Waals surface area contributed by atoms with Crippen molar-refractivity contribution in [3.05, 3.63) is 47.1 Å². The van der Waals surface area contributed by atoms with E-state index in [4.69, 9.17) is 9.84 Å². The lowest BCUT2D eigenvalue weighted by Crippen LogP contribution is -2.53. The van der Waals surface area contributed by atoms with Crippen LogP contribution in [0.4, 0.5) is 0 Å². The maximum absolute atomic E-state index is 11.2. The van der Waals surface area contributed by atoms with E-state index in [0.717, 1.165) is 11.6 Å². The third kappa shape index (κ3) is 2.18. The van der Waals surface area contributed by atoms with Crippen LogP contribution in [0.2, 0.25) is 0 Å². The van der Waals surface area contributed by atoms with Crippen LogP contribution < -0.4 is 0 Å². The Hall–Kier alpha value is -1.65. The Labute approximate surface area is 155 Å². The Morgan fingerprint density at radius 1 is 1.27 bits per heavy atom. The highest BCUT2D eigenvalue weighted by molar-refractivity contribution is 5.80. The van der Waals surface area contributed by atoms with Crippen molar-refractivity contribution in [3.8, 4) is 0 Å². The molecule has 0 radical (unpaired) electrons. The molecule has 0 aromatic rings. The summed E-state index contributed by atoms with van der Waals surface area (Å²) in [5, 5.41) is 19.5. The Kier molecular flexibility index (Phi) is 4.36. The van der Waals surface area contributed by atoms with Gasteiger partial charge in [-0.15, -0.1) is 0 Å². The summed E-state index contributed by atoms with van der Waals surface area (Å²) in [5.74, 6) is -1.01. The van der Waals surface area contributed by atoms with E-state index in [9.17, 15) is 9.90 Å². The number of hydrogen-bond acceptors (Lipinski definition) is 3. The second-order valence-corrected chi connectivity index (χ2v) is 8.65. The van der Waals surface area contributed by atoms with Crippen LogP contribution in [0.3, 0.4) is 0 Å². The smallest absolute Gasteiger partial charge is 0.328 e. The quantitative estimate of drug-likeness (QED) is 0.591. The molecule has 2 N–H and O–H groups in total. The van der Waals surface area contributed by atoms with Crippen molar-refractivity contribution in [2.45, 2.75) is 53.8 Å². The summed E-state index contributed by atoms with van der Waals surface area (Å²) in [6.07, 6.45) is 9.20. The van der Waals surface area contributed by atoms with Crippen molar-refractivity contribution >= 4 is 5.97 Å². The first kappa shape index (κ1) is 19.1. The summed E-state index contributed by atoms with van der Waals surface area (Å²) in [7, 11) is 0. The molecule has 0 aromatic heterocycles. The van der Waals surface area contributed by atoms with Crippen LogP contribution in [0.5, 0.6) is 0 Å². The number of rotatable bonds is 4. The van der Waals surface area contributed by atoms with Gasteiger partial charge in [-0.25, -0.2) is 4.79 Å². The molecule has 1 aliphatic heterocycles. The van der Waals surface area contributed by atoms with Gasteiger partial charge in [0.05, 0.1) is 18.8 Å². The van der Waals surface area contributed by atoms with E-state index in [2.05, 4.69) is 39.8 Å². The van der Waals surface area contributed by atoms with E-state index in [1.165, 1.54) is 11.1 Å². The lowest BCUT2D eigenvalue weighted by atomic mass is 9.49. The van der Waals surface area contributed by atoms with Gasteiger partial charge in [0.1, 0.15) is 0 Å². The fourth-order valence-electron chi connectivity index (χ4n) is 6.14. The second kappa shape index (κ2) is 5.93. The normalized spacial score (nSPS) is 44.9. The molecule has 0 spiro atoms. The predicted molar refractivity (Wildman–Crippen MR) is 102 cm³/mol. The van der Waals surface area contributed by atoms with Crippen LogP contribution in [0.1, 0.15) is 41.5 Å². The van der Waals surface area contributed by atoms with Crippen LogP contribution in [-0.2, 0) is 9.53 Å². The molecule has 4 nitrogen and oxygen atoms in total. The van der Waals surface area contributed by atoms with Gasteiger partial charge in [-0.05, 0) is 38.8 Å². The number of aliphatic hydroxyl groups is 1. The highest BCUT2D eigenvalue weighted by Crippen LogP contribution is 2.71. The second-order valence-electron chi connectivity index (χ2n) is 8.65. The lowest BCUT2D eigenvalue weighted by Gasteiger charge is -2.52. The highest BCUT2D eigenvalue weighted by Gasteiger charge is 2.71. The molecule has 2 aliphatic carbocycles. The number of carboxylic acids is 1. The van der Waals surface area contributed by atoms with Gasteiger partial charge in [0.2, 0.25) is 0 Å². The minimum atomic E-state index is -0.996. The van der Waals surface area contributed by atoms with E-state index >= 15 is 0 Å². The van der Waals surface area contributed by atoms with Crippen molar-refractivity contribution in [1.82, 2.24) is 0 Å². The minimum Gasteiger partial charge on any atom is -0.478 e. The fourth-order valence-corrected chi connectivity index (χ4v) is 6.14. The van der Waals surface area contributed by atoms with Crippen LogP contribution in [0, 0.1) is 22.2 Å². The zero-order chi connectivity index (χ0) is 19.5. The van der Waals surface area contributed by atoms with Crippen LogP contribution in [-0.4, -0.2) is 35.0 Å². The number of aliphatic hydroxyl groups excluding tert-OH is 1. The molecule has 6 atom stereocenters. The van der Waals surface area contributed by atoms with Crippen LogP contribution >= 0.6 is 0 Å². The molecule has 1 heterocycles. The van der Waals surface area contributed by atoms with Crippen molar-refractivity contribution in [2.75, 3.05) is 6.61 Å². The topological polar surface area (TPSA) is 66.8 Å². The van der Waals surface area contributed by atoms with Crippen molar-refractivity contribution in [3.63, 3.8) is 0 Å². The van der Waals surface area contributed by atoms with Crippen LogP contribution in [0.25, 0.3) is 0 Å². The predicted octanol–water partition coefficient (Wildman–Crippen LogP) is 3.89. The van der Waals surface area contributed by atoms with Gasteiger partial charge in [-0.2, -0.15) is 0 Å². The monoisotopic (exact) mass is 358 g/mol. The zero-order valence-electron chi connectivity index (χ0n) is 16.5. The highest BCUT2D eigenvalue weighted by atomic mass is 16.5. The molecule has 0 amide bonds. The lowest BCUT2D eigenvalue weighted by molar-refractivity contribution is -0.131. The first-order valence-electron chi connectivity index (χ1n) is 9.27. The Morgan fingerprint density at radius 3 is 2.46 bits per heavy atom. The summed E-state index contributed by atoms with van der Waals surface area (Å²) in [4.78, 5) is 11.2. The molecule has 1 fully saturated rings. The number of aliphatic carboxylic acids is 1. The maximum atomic E-state index is 11.2. The zero-order valence-corrected chi connectivity index (χ0v) is 16.5. The van der Waals surface area contributed by atoms with E-state index in [-0.39, 0.29) is 35.6 Å².